The number of nitrogens with two attached hydrogens (primary N) is 1. The first-order valence-corrected chi connectivity index (χ1v) is 7.43. The van der Waals surface area contributed by atoms with Gasteiger partial charge in [0.25, 0.3) is 0 Å². The van der Waals surface area contributed by atoms with Gasteiger partial charge in [0.1, 0.15) is 5.75 Å². The van der Waals surface area contributed by atoms with Gasteiger partial charge in [0.15, 0.2) is 0 Å². The standard InChI is InChI=1S/C18H22N2O/c1-12-6-5-7-13(2)15(12)10-17(20-19)16-11-21-18-9-4-3-8-14(16)18/h3-9,16-17,20H,10-11,19H2,1-2H3. The van der Waals surface area contributed by atoms with E-state index in [1.807, 2.05) is 12.1 Å². The first-order valence-electron chi connectivity index (χ1n) is 7.43. The highest BCUT2D eigenvalue weighted by Crippen LogP contribution is 2.36. The van der Waals surface area contributed by atoms with Crippen molar-refractivity contribution in [1.29, 1.82) is 0 Å². The zero-order valence-corrected chi connectivity index (χ0v) is 12.6. The van der Waals surface area contributed by atoms with Gasteiger partial charge in [0.05, 0.1) is 6.61 Å². The molecule has 110 valence electrons. The fraction of sp³-hybridized carbons (Fsp3) is 0.333. The normalized spacial score (nSPS) is 18.1. The highest BCUT2D eigenvalue weighted by Gasteiger charge is 2.31. The van der Waals surface area contributed by atoms with E-state index in [-0.39, 0.29) is 6.04 Å². The molecule has 0 aromatic heterocycles. The van der Waals surface area contributed by atoms with Crippen molar-refractivity contribution in [3.8, 4) is 5.75 Å². The van der Waals surface area contributed by atoms with Crippen LogP contribution in [-0.4, -0.2) is 12.6 Å². The summed E-state index contributed by atoms with van der Waals surface area (Å²) in [6.07, 6.45) is 0.914. The number of fused-ring (bicyclic) bond motifs is 1. The van der Waals surface area contributed by atoms with Crippen LogP contribution in [0.15, 0.2) is 42.5 Å². The van der Waals surface area contributed by atoms with E-state index in [9.17, 15) is 0 Å². The maximum absolute atomic E-state index is 5.85. The number of hydrazine groups is 1. The average molecular weight is 282 g/mol. The Morgan fingerprint density at radius 1 is 1.14 bits per heavy atom. The Balaban J connectivity index is 1.87. The number of para-hydroxylation sites is 1. The lowest BCUT2D eigenvalue weighted by Gasteiger charge is -2.24. The molecule has 21 heavy (non-hydrogen) atoms. The number of hydrogen-bond donors (Lipinski definition) is 2. The molecule has 2 aromatic carbocycles. The molecule has 1 aliphatic heterocycles. The third-order valence-corrected chi connectivity index (χ3v) is 4.51. The van der Waals surface area contributed by atoms with Crippen molar-refractivity contribution in [2.45, 2.75) is 32.2 Å². The van der Waals surface area contributed by atoms with Gasteiger partial charge in [-0.2, -0.15) is 0 Å². The van der Waals surface area contributed by atoms with E-state index >= 15 is 0 Å². The van der Waals surface area contributed by atoms with Crippen LogP contribution in [0.2, 0.25) is 0 Å². The zero-order valence-electron chi connectivity index (χ0n) is 12.6. The quantitative estimate of drug-likeness (QED) is 0.669. The van der Waals surface area contributed by atoms with Gasteiger partial charge in [-0.1, -0.05) is 36.4 Å². The summed E-state index contributed by atoms with van der Waals surface area (Å²) in [6.45, 7) is 5.02. The van der Waals surface area contributed by atoms with Gasteiger partial charge in [0.2, 0.25) is 0 Å². The van der Waals surface area contributed by atoms with Crippen molar-refractivity contribution in [1.82, 2.24) is 5.43 Å². The van der Waals surface area contributed by atoms with Gasteiger partial charge in [0, 0.05) is 17.5 Å². The van der Waals surface area contributed by atoms with Gasteiger partial charge in [-0.05, 0) is 43.0 Å². The van der Waals surface area contributed by atoms with Gasteiger partial charge < -0.3 is 4.74 Å². The first-order chi connectivity index (χ1) is 10.2. The van der Waals surface area contributed by atoms with Crippen molar-refractivity contribution in [3.63, 3.8) is 0 Å². The van der Waals surface area contributed by atoms with Crippen LogP contribution in [0.4, 0.5) is 0 Å². The summed E-state index contributed by atoms with van der Waals surface area (Å²) in [6, 6.07) is 14.8. The molecule has 1 aliphatic rings. The number of ether oxygens (including phenoxy) is 1. The number of benzene rings is 2. The predicted molar refractivity (Wildman–Crippen MR) is 85.4 cm³/mol. The topological polar surface area (TPSA) is 47.3 Å². The molecule has 0 amide bonds. The third kappa shape index (κ3) is 2.67. The Hall–Kier alpha value is -1.84. The number of nitrogens with one attached hydrogen (secondary N) is 1. The highest BCUT2D eigenvalue weighted by atomic mass is 16.5. The fourth-order valence-electron chi connectivity index (χ4n) is 3.23. The van der Waals surface area contributed by atoms with Crippen LogP contribution in [0.3, 0.4) is 0 Å². The van der Waals surface area contributed by atoms with Crippen LogP contribution in [0.25, 0.3) is 0 Å². The Morgan fingerprint density at radius 2 is 1.86 bits per heavy atom. The molecule has 3 nitrogen and oxygen atoms in total. The van der Waals surface area contributed by atoms with Gasteiger partial charge in [-0.15, -0.1) is 0 Å². The number of rotatable bonds is 4. The van der Waals surface area contributed by atoms with E-state index < -0.39 is 0 Å². The Bertz CT molecular complexity index is 619. The molecular formula is C18H22N2O. The minimum absolute atomic E-state index is 0.174. The minimum atomic E-state index is 0.174. The summed E-state index contributed by atoms with van der Waals surface area (Å²) in [5, 5.41) is 0. The summed E-state index contributed by atoms with van der Waals surface area (Å²) in [5.41, 5.74) is 8.29. The molecule has 0 aliphatic carbocycles. The zero-order chi connectivity index (χ0) is 14.8. The molecule has 0 fully saturated rings. The van der Waals surface area contributed by atoms with Crippen LogP contribution >= 0.6 is 0 Å². The summed E-state index contributed by atoms with van der Waals surface area (Å²) in [7, 11) is 0. The molecule has 0 radical (unpaired) electrons. The smallest absolute Gasteiger partial charge is 0.122 e. The van der Waals surface area contributed by atoms with Crippen molar-refractivity contribution < 1.29 is 4.74 Å². The SMILES string of the molecule is Cc1cccc(C)c1CC(NN)C1COc2ccccc21. The highest BCUT2D eigenvalue weighted by molar-refractivity contribution is 5.42. The lowest BCUT2D eigenvalue weighted by atomic mass is 9.87. The minimum Gasteiger partial charge on any atom is -0.493 e. The molecule has 0 bridgehead atoms. The molecule has 0 saturated carbocycles. The molecule has 2 unspecified atom stereocenters. The second-order valence-electron chi connectivity index (χ2n) is 5.80. The second-order valence-corrected chi connectivity index (χ2v) is 5.80. The lowest BCUT2D eigenvalue weighted by molar-refractivity contribution is 0.297. The van der Waals surface area contributed by atoms with Crippen LogP contribution in [0, 0.1) is 13.8 Å². The van der Waals surface area contributed by atoms with Crippen molar-refractivity contribution in [2.24, 2.45) is 5.84 Å². The molecule has 0 spiro atoms. The van der Waals surface area contributed by atoms with Crippen LogP contribution < -0.4 is 16.0 Å². The van der Waals surface area contributed by atoms with Gasteiger partial charge >= 0.3 is 0 Å². The van der Waals surface area contributed by atoms with E-state index in [2.05, 4.69) is 49.6 Å². The predicted octanol–water partition coefficient (Wildman–Crippen LogP) is 2.85. The summed E-state index contributed by atoms with van der Waals surface area (Å²) < 4.78 is 5.80. The van der Waals surface area contributed by atoms with E-state index in [0.29, 0.717) is 12.5 Å². The van der Waals surface area contributed by atoms with Gasteiger partial charge in [-0.3, -0.25) is 11.3 Å². The number of hydrogen-bond acceptors (Lipinski definition) is 3. The maximum atomic E-state index is 5.85. The van der Waals surface area contributed by atoms with Crippen LogP contribution in [0.5, 0.6) is 5.75 Å². The monoisotopic (exact) mass is 282 g/mol. The van der Waals surface area contributed by atoms with Crippen LogP contribution in [0.1, 0.15) is 28.2 Å². The molecule has 1 heterocycles. The van der Waals surface area contributed by atoms with E-state index in [1.165, 1.54) is 22.3 Å². The first kappa shape index (κ1) is 14.1. The summed E-state index contributed by atoms with van der Waals surface area (Å²) >= 11 is 0. The van der Waals surface area contributed by atoms with Crippen LogP contribution in [-0.2, 0) is 6.42 Å². The average Bonchev–Trinajstić information content (AvgIpc) is 2.91. The van der Waals surface area contributed by atoms with Crippen molar-refractivity contribution in [3.05, 3.63) is 64.7 Å². The van der Waals surface area contributed by atoms with Crippen molar-refractivity contribution >= 4 is 0 Å². The van der Waals surface area contributed by atoms with Crippen molar-refractivity contribution in [2.75, 3.05) is 6.61 Å². The third-order valence-electron chi connectivity index (χ3n) is 4.51. The summed E-state index contributed by atoms with van der Waals surface area (Å²) in [4.78, 5) is 0. The molecular weight excluding hydrogens is 260 g/mol. The van der Waals surface area contributed by atoms with Gasteiger partial charge in [-0.25, -0.2) is 0 Å². The largest absolute Gasteiger partial charge is 0.493 e. The van der Waals surface area contributed by atoms with E-state index in [1.54, 1.807) is 0 Å². The van der Waals surface area contributed by atoms with E-state index in [0.717, 1.165) is 12.2 Å². The number of aryl methyl sites for hydroxylation is 2. The molecule has 2 atom stereocenters. The maximum Gasteiger partial charge on any atom is 0.122 e. The lowest BCUT2D eigenvalue weighted by Crippen LogP contribution is -2.42. The molecule has 3 heteroatoms. The molecule has 3 N–H and O–H groups in total. The second kappa shape index (κ2) is 5.88. The molecule has 3 rings (SSSR count). The summed E-state index contributed by atoms with van der Waals surface area (Å²) in [5.74, 6) is 7.14. The molecule has 2 aromatic rings. The fourth-order valence-corrected chi connectivity index (χ4v) is 3.23. The molecule has 0 saturated heterocycles. The van der Waals surface area contributed by atoms with E-state index in [4.69, 9.17) is 10.6 Å². The Morgan fingerprint density at radius 3 is 2.57 bits per heavy atom. The Kier molecular flexibility index (Phi) is 3.95. The Labute approximate surface area is 126 Å².